The van der Waals surface area contributed by atoms with Crippen LogP contribution in [0.15, 0.2) is 48.8 Å². The van der Waals surface area contributed by atoms with Gasteiger partial charge in [-0.15, -0.1) is 0 Å². The molecule has 7 heteroatoms. The summed E-state index contributed by atoms with van der Waals surface area (Å²) in [6.45, 7) is 1.53. The van der Waals surface area contributed by atoms with E-state index in [0.29, 0.717) is 12.2 Å². The number of hydrogen-bond acceptors (Lipinski definition) is 5. The van der Waals surface area contributed by atoms with Crippen molar-refractivity contribution in [1.82, 2.24) is 20.1 Å². The Labute approximate surface area is 138 Å². The lowest BCUT2D eigenvalue weighted by Crippen LogP contribution is -2.24. The maximum atomic E-state index is 11.4. The molecule has 0 unspecified atom stereocenters. The van der Waals surface area contributed by atoms with Gasteiger partial charge in [0.15, 0.2) is 0 Å². The van der Waals surface area contributed by atoms with Crippen LogP contribution in [0.4, 0.5) is 5.69 Å². The molecular formula is C17H15N5O2. The number of para-hydroxylation sites is 2. The summed E-state index contributed by atoms with van der Waals surface area (Å²) >= 11 is 0. The summed E-state index contributed by atoms with van der Waals surface area (Å²) in [6, 6.07) is 10.5. The zero-order valence-corrected chi connectivity index (χ0v) is 12.8. The maximum Gasteiger partial charge on any atom is 0.294 e. The minimum absolute atomic E-state index is 0.0580. The van der Waals surface area contributed by atoms with Gasteiger partial charge in [0.05, 0.1) is 16.3 Å². The molecule has 0 aliphatic carbocycles. The van der Waals surface area contributed by atoms with E-state index in [9.17, 15) is 10.1 Å². The minimum atomic E-state index is -0.364. The highest BCUT2D eigenvalue weighted by molar-refractivity contribution is 5.66. The van der Waals surface area contributed by atoms with Gasteiger partial charge in [-0.05, 0) is 18.2 Å². The molecule has 0 atom stereocenters. The van der Waals surface area contributed by atoms with Gasteiger partial charge < -0.3 is 5.32 Å². The topological polar surface area (TPSA) is 85.9 Å². The van der Waals surface area contributed by atoms with Crippen molar-refractivity contribution in [3.63, 3.8) is 0 Å². The van der Waals surface area contributed by atoms with E-state index in [4.69, 9.17) is 5.10 Å². The van der Waals surface area contributed by atoms with Gasteiger partial charge >= 0.3 is 0 Å². The summed E-state index contributed by atoms with van der Waals surface area (Å²) in [5.74, 6) is 0. The Kier molecular flexibility index (Phi) is 3.55. The second-order valence-electron chi connectivity index (χ2n) is 5.59. The number of rotatable bonds is 3. The smallest absolute Gasteiger partial charge is 0.294 e. The zero-order valence-electron chi connectivity index (χ0n) is 12.8. The SMILES string of the molecule is O=[N+]([O-])c1ccccc1-n1nc(-c2ccncc2)c2c1CCNC2. The number of fused-ring (bicyclic) bond motifs is 1. The van der Waals surface area contributed by atoms with Crippen molar-refractivity contribution in [1.29, 1.82) is 0 Å². The maximum absolute atomic E-state index is 11.4. The van der Waals surface area contributed by atoms with Gasteiger partial charge in [0, 0.05) is 49.1 Å². The largest absolute Gasteiger partial charge is 0.312 e. The lowest BCUT2D eigenvalue weighted by Gasteiger charge is -2.15. The van der Waals surface area contributed by atoms with Gasteiger partial charge in [0.1, 0.15) is 5.69 Å². The Morgan fingerprint density at radius 1 is 1.17 bits per heavy atom. The van der Waals surface area contributed by atoms with Crippen LogP contribution < -0.4 is 5.32 Å². The first-order valence-electron chi connectivity index (χ1n) is 7.71. The van der Waals surface area contributed by atoms with Crippen LogP contribution in [0.2, 0.25) is 0 Å². The molecule has 24 heavy (non-hydrogen) atoms. The van der Waals surface area contributed by atoms with E-state index in [1.54, 1.807) is 35.3 Å². The Morgan fingerprint density at radius 3 is 2.75 bits per heavy atom. The third-order valence-corrected chi connectivity index (χ3v) is 4.19. The fraction of sp³-hybridized carbons (Fsp3) is 0.176. The van der Waals surface area contributed by atoms with Gasteiger partial charge in [-0.1, -0.05) is 12.1 Å². The third kappa shape index (κ3) is 2.35. The number of nitro groups is 1. The van der Waals surface area contributed by atoms with E-state index in [-0.39, 0.29) is 10.6 Å². The van der Waals surface area contributed by atoms with Crippen LogP contribution in [0.3, 0.4) is 0 Å². The number of hydrogen-bond donors (Lipinski definition) is 1. The minimum Gasteiger partial charge on any atom is -0.312 e. The normalized spacial score (nSPS) is 13.5. The van der Waals surface area contributed by atoms with Crippen LogP contribution in [0.1, 0.15) is 11.3 Å². The molecule has 3 aromatic rings. The number of aromatic nitrogens is 3. The summed E-state index contributed by atoms with van der Waals surface area (Å²) in [5.41, 5.74) is 4.48. The van der Waals surface area contributed by atoms with Crippen molar-refractivity contribution >= 4 is 5.69 Å². The summed E-state index contributed by atoms with van der Waals surface area (Å²) < 4.78 is 1.73. The second-order valence-corrected chi connectivity index (χ2v) is 5.59. The van der Waals surface area contributed by atoms with Crippen LogP contribution in [0, 0.1) is 10.1 Å². The van der Waals surface area contributed by atoms with Crippen molar-refractivity contribution < 1.29 is 4.92 Å². The molecule has 0 fully saturated rings. The van der Waals surface area contributed by atoms with Crippen LogP contribution >= 0.6 is 0 Å². The molecule has 4 rings (SSSR count). The number of nitrogens with one attached hydrogen (secondary N) is 1. The quantitative estimate of drug-likeness (QED) is 0.591. The van der Waals surface area contributed by atoms with Crippen LogP contribution in [-0.2, 0) is 13.0 Å². The highest BCUT2D eigenvalue weighted by Gasteiger charge is 2.25. The fourth-order valence-electron chi connectivity index (χ4n) is 3.09. The molecule has 1 N–H and O–H groups in total. The monoisotopic (exact) mass is 321 g/mol. The van der Waals surface area contributed by atoms with Gasteiger partial charge in [-0.3, -0.25) is 15.1 Å². The molecule has 0 saturated carbocycles. The molecule has 0 saturated heterocycles. The molecule has 7 nitrogen and oxygen atoms in total. The summed E-state index contributed by atoms with van der Waals surface area (Å²) in [7, 11) is 0. The van der Waals surface area contributed by atoms with Crippen molar-refractivity contribution in [3.05, 3.63) is 70.2 Å². The molecule has 0 radical (unpaired) electrons. The van der Waals surface area contributed by atoms with Crippen LogP contribution in [0.25, 0.3) is 16.9 Å². The third-order valence-electron chi connectivity index (χ3n) is 4.19. The van der Waals surface area contributed by atoms with E-state index < -0.39 is 0 Å². The average Bonchev–Trinajstić information content (AvgIpc) is 3.02. The Morgan fingerprint density at radius 2 is 1.96 bits per heavy atom. The van der Waals surface area contributed by atoms with E-state index in [0.717, 1.165) is 35.5 Å². The highest BCUT2D eigenvalue weighted by Crippen LogP contribution is 2.31. The Bertz CT molecular complexity index is 905. The summed E-state index contributed by atoms with van der Waals surface area (Å²) in [6.07, 6.45) is 4.23. The first-order chi connectivity index (χ1) is 11.8. The lowest BCUT2D eigenvalue weighted by molar-refractivity contribution is -0.384. The van der Waals surface area contributed by atoms with Gasteiger partial charge in [0.2, 0.25) is 0 Å². The molecule has 2 aromatic heterocycles. The standard InChI is InChI=1S/C17H15N5O2/c23-22(24)16-4-2-1-3-15(16)21-14-7-10-19-11-13(14)17(20-21)12-5-8-18-9-6-12/h1-6,8-9,19H,7,10-11H2. The number of benzene rings is 1. The average molecular weight is 321 g/mol. The number of nitro benzene ring substituents is 1. The van der Waals surface area contributed by atoms with Crippen molar-refractivity contribution in [2.75, 3.05) is 6.54 Å². The van der Waals surface area contributed by atoms with E-state index >= 15 is 0 Å². The van der Waals surface area contributed by atoms with Crippen LogP contribution in [-0.4, -0.2) is 26.2 Å². The molecular weight excluding hydrogens is 306 g/mol. The van der Waals surface area contributed by atoms with Gasteiger partial charge in [0.25, 0.3) is 5.69 Å². The van der Waals surface area contributed by atoms with Crippen LogP contribution in [0.5, 0.6) is 0 Å². The second kappa shape index (κ2) is 5.86. The van der Waals surface area contributed by atoms with Gasteiger partial charge in [-0.25, -0.2) is 4.68 Å². The first kappa shape index (κ1) is 14.5. The first-order valence-corrected chi connectivity index (χ1v) is 7.71. The molecule has 1 aliphatic heterocycles. The molecule has 0 bridgehead atoms. The van der Waals surface area contributed by atoms with Crippen molar-refractivity contribution in [2.24, 2.45) is 0 Å². The Balaban J connectivity index is 1.95. The zero-order chi connectivity index (χ0) is 16.5. The predicted molar refractivity (Wildman–Crippen MR) is 88.9 cm³/mol. The molecule has 0 spiro atoms. The molecule has 120 valence electrons. The van der Waals surface area contributed by atoms with E-state index in [2.05, 4.69) is 10.3 Å². The van der Waals surface area contributed by atoms with E-state index in [1.165, 1.54) is 6.07 Å². The molecule has 1 aliphatic rings. The molecule has 1 aromatic carbocycles. The predicted octanol–water partition coefficient (Wildman–Crippen LogP) is 2.49. The summed E-state index contributed by atoms with van der Waals surface area (Å²) in [5, 5.41) is 19.5. The highest BCUT2D eigenvalue weighted by atomic mass is 16.6. The van der Waals surface area contributed by atoms with E-state index in [1.807, 2.05) is 12.1 Å². The fourth-order valence-corrected chi connectivity index (χ4v) is 3.09. The van der Waals surface area contributed by atoms with Crippen molar-refractivity contribution in [2.45, 2.75) is 13.0 Å². The molecule has 0 amide bonds. The molecule has 3 heterocycles. The van der Waals surface area contributed by atoms with Crippen molar-refractivity contribution in [3.8, 4) is 16.9 Å². The lowest BCUT2D eigenvalue weighted by atomic mass is 10.0. The summed E-state index contributed by atoms with van der Waals surface area (Å²) in [4.78, 5) is 15.1. The number of nitrogens with zero attached hydrogens (tertiary/aromatic N) is 4. The van der Waals surface area contributed by atoms with Gasteiger partial charge in [-0.2, -0.15) is 5.10 Å². The number of pyridine rings is 1. The Hall–Kier alpha value is -3.06.